The first-order valence-corrected chi connectivity index (χ1v) is 7.74. The summed E-state index contributed by atoms with van der Waals surface area (Å²) in [5.41, 5.74) is 5.16. The predicted octanol–water partition coefficient (Wildman–Crippen LogP) is 3.13. The Bertz CT molecular complexity index is 528. The van der Waals surface area contributed by atoms with Crippen LogP contribution in [-0.4, -0.2) is 16.5 Å². The van der Waals surface area contributed by atoms with Crippen LogP contribution in [0.4, 0.5) is 0 Å². The van der Waals surface area contributed by atoms with Gasteiger partial charge in [0.15, 0.2) is 0 Å². The summed E-state index contributed by atoms with van der Waals surface area (Å²) in [6.45, 7) is 4.47. The van der Waals surface area contributed by atoms with Crippen molar-refractivity contribution in [1.82, 2.24) is 10.4 Å². The molecule has 0 radical (unpaired) electrons. The van der Waals surface area contributed by atoms with Crippen molar-refractivity contribution in [2.75, 3.05) is 11.5 Å². The first-order chi connectivity index (χ1) is 9.20. The van der Waals surface area contributed by atoms with E-state index in [1.807, 2.05) is 24.0 Å². The first kappa shape index (κ1) is 14.3. The average molecular weight is 275 g/mol. The van der Waals surface area contributed by atoms with Crippen molar-refractivity contribution in [1.29, 1.82) is 0 Å². The summed E-state index contributed by atoms with van der Waals surface area (Å²) in [4.78, 5) is 4.34. The second-order valence-electron chi connectivity index (χ2n) is 5.11. The molecule has 0 aliphatic carbocycles. The number of nitrogens with one attached hydrogen (secondary N) is 1. The maximum absolute atomic E-state index is 5.69. The number of fused-ring (bicyclic) bond motifs is 1. The van der Waals surface area contributed by atoms with Crippen LogP contribution in [-0.2, 0) is 0 Å². The van der Waals surface area contributed by atoms with Crippen LogP contribution in [0.5, 0.6) is 0 Å². The zero-order chi connectivity index (χ0) is 13.7. The lowest BCUT2D eigenvalue weighted by Gasteiger charge is -2.17. The smallest absolute Gasteiger partial charge is 0.0702 e. The van der Waals surface area contributed by atoms with Crippen molar-refractivity contribution < 1.29 is 0 Å². The molecule has 0 saturated heterocycles. The average Bonchev–Trinajstić information content (AvgIpc) is 2.43. The van der Waals surface area contributed by atoms with Gasteiger partial charge in [0.1, 0.15) is 0 Å². The van der Waals surface area contributed by atoms with Gasteiger partial charge in [0.2, 0.25) is 0 Å². The Morgan fingerprint density at radius 1 is 1.26 bits per heavy atom. The van der Waals surface area contributed by atoms with Gasteiger partial charge in [-0.1, -0.05) is 26.0 Å². The van der Waals surface area contributed by atoms with Crippen molar-refractivity contribution in [2.24, 2.45) is 11.8 Å². The van der Waals surface area contributed by atoms with Crippen LogP contribution in [0.2, 0.25) is 0 Å². The van der Waals surface area contributed by atoms with Crippen LogP contribution in [0, 0.1) is 5.92 Å². The quantitative estimate of drug-likeness (QED) is 0.628. The van der Waals surface area contributed by atoms with Crippen molar-refractivity contribution in [3.8, 4) is 0 Å². The van der Waals surface area contributed by atoms with Crippen molar-refractivity contribution in [3.05, 3.63) is 42.1 Å². The minimum absolute atomic E-state index is 0.188. The predicted molar refractivity (Wildman–Crippen MR) is 84.0 cm³/mol. The summed E-state index contributed by atoms with van der Waals surface area (Å²) in [6.07, 6.45) is 1.82. The summed E-state index contributed by atoms with van der Waals surface area (Å²) in [5.74, 6) is 8.55. The van der Waals surface area contributed by atoms with Crippen molar-refractivity contribution in [2.45, 2.75) is 19.9 Å². The van der Waals surface area contributed by atoms with Crippen molar-refractivity contribution >= 4 is 22.7 Å². The molecule has 2 rings (SSSR count). The van der Waals surface area contributed by atoms with E-state index < -0.39 is 0 Å². The Hall–Kier alpha value is -1.10. The van der Waals surface area contributed by atoms with E-state index >= 15 is 0 Å². The first-order valence-electron chi connectivity index (χ1n) is 6.59. The molecule has 0 aliphatic heterocycles. The molecule has 1 unspecified atom stereocenters. The van der Waals surface area contributed by atoms with E-state index in [4.69, 9.17) is 5.84 Å². The van der Waals surface area contributed by atoms with E-state index in [1.54, 1.807) is 0 Å². The summed E-state index contributed by atoms with van der Waals surface area (Å²) in [7, 11) is 0. The van der Waals surface area contributed by atoms with E-state index in [2.05, 4.69) is 48.5 Å². The normalized spacial score (nSPS) is 13.1. The number of rotatable bonds is 6. The maximum Gasteiger partial charge on any atom is 0.0702 e. The van der Waals surface area contributed by atoms with E-state index in [0.717, 1.165) is 22.4 Å². The zero-order valence-electron chi connectivity index (χ0n) is 11.5. The highest BCUT2D eigenvalue weighted by Gasteiger charge is 2.10. The number of benzene rings is 1. The third kappa shape index (κ3) is 3.93. The molecule has 0 fully saturated rings. The molecule has 1 atom stereocenters. The molecule has 0 aliphatic rings. The third-order valence-corrected chi connectivity index (χ3v) is 4.44. The summed E-state index contributed by atoms with van der Waals surface area (Å²) >= 11 is 1.94. The van der Waals surface area contributed by atoms with Crippen LogP contribution in [0.1, 0.15) is 25.5 Å². The minimum Gasteiger partial charge on any atom is -0.271 e. The van der Waals surface area contributed by atoms with Gasteiger partial charge in [-0.2, -0.15) is 11.8 Å². The fourth-order valence-electron chi connectivity index (χ4n) is 1.97. The lowest BCUT2D eigenvalue weighted by Crippen LogP contribution is -2.29. The summed E-state index contributed by atoms with van der Waals surface area (Å²) in [5, 5.41) is 1.16. The Morgan fingerprint density at radius 2 is 2.11 bits per heavy atom. The van der Waals surface area contributed by atoms with E-state index in [0.29, 0.717) is 5.92 Å². The Balaban J connectivity index is 2.11. The molecule has 19 heavy (non-hydrogen) atoms. The highest BCUT2D eigenvalue weighted by atomic mass is 32.2. The van der Waals surface area contributed by atoms with Gasteiger partial charge in [-0.25, -0.2) is 0 Å². The standard InChI is InChI=1S/C15H21N3S/c1-11(2)9-19-10-15(18-16)13-5-6-14-12(8-13)4-3-7-17-14/h3-8,11,15,18H,9-10,16H2,1-2H3. The van der Waals surface area contributed by atoms with Crippen LogP contribution in [0.15, 0.2) is 36.5 Å². The summed E-state index contributed by atoms with van der Waals surface area (Å²) in [6, 6.07) is 10.6. The number of nitrogens with zero attached hydrogens (tertiary/aromatic N) is 1. The maximum atomic E-state index is 5.69. The fourth-order valence-corrected chi connectivity index (χ4v) is 3.10. The topological polar surface area (TPSA) is 50.9 Å². The lowest BCUT2D eigenvalue weighted by atomic mass is 10.1. The number of hydrogen-bond acceptors (Lipinski definition) is 4. The Labute approximate surface area is 119 Å². The van der Waals surface area contributed by atoms with Gasteiger partial charge in [0.25, 0.3) is 0 Å². The second kappa shape index (κ2) is 6.89. The van der Waals surface area contributed by atoms with Crippen LogP contribution >= 0.6 is 11.8 Å². The van der Waals surface area contributed by atoms with Gasteiger partial charge < -0.3 is 0 Å². The number of aromatic nitrogens is 1. The molecule has 1 heterocycles. The van der Waals surface area contributed by atoms with E-state index in [9.17, 15) is 0 Å². The largest absolute Gasteiger partial charge is 0.271 e. The van der Waals surface area contributed by atoms with E-state index in [1.165, 1.54) is 5.56 Å². The molecule has 4 heteroatoms. The minimum atomic E-state index is 0.188. The molecule has 0 amide bonds. The lowest BCUT2D eigenvalue weighted by molar-refractivity contribution is 0.610. The second-order valence-corrected chi connectivity index (χ2v) is 6.18. The highest BCUT2D eigenvalue weighted by Crippen LogP contribution is 2.22. The number of hydrogen-bond donors (Lipinski definition) is 2. The molecule has 2 aromatic rings. The molecule has 1 aromatic carbocycles. The van der Waals surface area contributed by atoms with Gasteiger partial charge in [-0.3, -0.25) is 16.3 Å². The van der Waals surface area contributed by atoms with Crippen LogP contribution in [0.25, 0.3) is 10.9 Å². The molecular formula is C15H21N3S. The monoisotopic (exact) mass is 275 g/mol. The fraction of sp³-hybridized carbons (Fsp3) is 0.400. The number of pyridine rings is 1. The summed E-state index contributed by atoms with van der Waals surface area (Å²) < 4.78 is 0. The number of nitrogens with two attached hydrogens (primary N) is 1. The molecule has 102 valence electrons. The van der Waals surface area contributed by atoms with Crippen LogP contribution < -0.4 is 11.3 Å². The molecular weight excluding hydrogens is 254 g/mol. The molecule has 3 N–H and O–H groups in total. The van der Waals surface area contributed by atoms with Gasteiger partial charge in [0, 0.05) is 17.3 Å². The number of thioether (sulfide) groups is 1. The molecule has 3 nitrogen and oxygen atoms in total. The molecule has 0 bridgehead atoms. The molecule has 1 aromatic heterocycles. The van der Waals surface area contributed by atoms with E-state index in [-0.39, 0.29) is 6.04 Å². The van der Waals surface area contributed by atoms with Crippen LogP contribution in [0.3, 0.4) is 0 Å². The molecule has 0 saturated carbocycles. The third-order valence-electron chi connectivity index (χ3n) is 2.97. The van der Waals surface area contributed by atoms with Gasteiger partial charge in [-0.15, -0.1) is 0 Å². The van der Waals surface area contributed by atoms with Gasteiger partial charge >= 0.3 is 0 Å². The van der Waals surface area contributed by atoms with Gasteiger partial charge in [0.05, 0.1) is 11.6 Å². The molecule has 0 spiro atoms. The Kier molecular flexibility index (Phi) is 5.19. The van der Waals surface area contributed by atoms with Crippen molar-refractivity contribution in [3.63, 3.8) is 0 Å². The Morgan fingerprint density at radius 3 is 2.84 bits per heavy atom. The van der Waals surface area contributed by atoms with Gasteiger partial charge in [-0.05, 0) is 35.4 Å². The number of hydrazine groups is 1. The highest BCUT2D eigenvalue weighted by molar-refractivity contribution is 7.99. The zero-order valence-corrected chi connectivity index (χ0v) is 12.3. The SMILES string of the molecule is CC(C)CSCC(NN)c1ccc2ncccc2c1.